The predicted octanol–water partition coefficient (Wildman–Crippen LogP) is 2.03. The Hall–Kier alpha value is -1.36. The Balaban J connectivity index is 1.80. The van der Waals surface area contributed by atoms with E-state index in [9.17, 15) is 0 Å². The number of anilines is 2. The maximum atomic E-state index is 4.61. The summed E-state index contributed by atoms with van der Waals surface area (Å²) < 4.78 is 0. The summed E-state index contributed by atoms with van der Waals surface area (Å²) >= 11 is 0. The average molecular weight is 275 g/mol. The quantitative estimate of drug-likeness (QED) is 0.880. The fraction of sp³-hybridized carbons (Fsp3) is 0.733. The van der Waals surface area contributed by atoms with Crippen molar-refractivity contribution in [2.24, 2.45) is 5.92 Å². The zero-order chi connectivity index (χ0) is 14.1. The van der Waals surface area contributed by atoms with Gasteiger partial charge in [0.15, 0.2) is 0 Å². The molecule has 2 bridgehead atoms. The third-order valence-corrected chi connectivity index (χ3v) is 4.58. The fourth-order valence-corrected chi connectivity index (χ4v) is 3.41. The number of fused-ring (bicyclic) bond motifs is 3. The number of hydrogen-bond acceptors (Lipinski definition) is 5. The van der Waals surface area contributed by atoms with Gasteiger partial charge in [0.2, 0.25) is 0 Å². The van der Waals surface area contributed by atoms with Crippen LogP contribution in [0.3, 0.4) is 0 Å². The summed E-state index contributed by atoms with van der Waals surface area (Å²) in [5.74, 6) is 3.60. The smallest absolute Gasteiger partial charge is 0.135 e. The molecule has 0 saturated carbocycles. The molecular formula is C15H25N5. The number of aromatic nitrogens is 2. The summed E-state index contributed by atoms with van der Waals surface area (Å²) in [7, 11) is 0. The van der Waals surface area contributed by atoms with E-state index in [2.05, 4.69) is 39.3 Å². The molecule has 0 radical (unpaired) electrons. The van der Waals surface area contributed by atoms with Crippen molar-refractivity contribution < 1.29 is 0 Å². The predicted molar refractivity (Wildman–Crippen MR) is 82.2 cm³/mol. The summed E-state index contributed by atoms with van der Waals surface area (Å²) in [5.41, 5.74) is 1.13. The van der Waals surface area contributed by atoms with E-state index in [1.807, 2.05) is 6.92 Å². The molecule has 0 aliphatic carbocycles. The number of piperidine rings is 3. The number of nitrogens with zero attached hydrogens (tertiary/aromatic N) is 3. The first kappa shape index (κ1) is 13.6. The monoisotopic (exact) mass is 275 g/mol. The second-order valence-corrected chi connectivity index (χ2v) is 6.01. The number of aryl methyl sites for hydroxylation is 1. The van der Waals surface area contributed by atoms with Gasteiger partial charge in [0.1, 0.15) is 17.5 Å². The van der Waals surface area contributed by atoms with Gasteiger partial charge in [-0.25, -0.2) is 9.97 Å². The molecule has 20 heavy (non-hydrogen) atoms. The lowest BCUT2D eigenvalue weighted by Gasteiger charge is -2.45. The summed E-state index contributed by atoms with van der Waals surface area (Å²) in [5, 5.41) is 7.01. The van der Waals surface area contributed by atoms with E-state index in [1.54, 1.807) is 0 Å². The van der Waals surface area contributed by atoms with Crippen LogP contribution in [0.5, 0.6) is 0 Å². The third kappa shape index (κ3) is 2.59. The van der Waals surface area contributed by atoms with Crippen LogP contribution < -0.4 is 10.6 Å². The van der Waals surface area contributed by atoms with Crippen molar-refractivity contribution in [1.82, 2.24) is 14.9 Å². The van der Waals surface area contributed by atoms with Gasteiger partial charge in [0.25, 0.3) is 0 Å². The Morgan fingerprint density at radius 2 is 1.85 bits per heavy atom. The SMILES string of the molecule is CCNc1nc(C)nc(NC2CN3CCC2CC3)c1C. The molecule has 5 nitrogen and oxygen atoms in total. The minimum atomic E-state index is 0.542. The van der Waals surface area contributed by atoms with E-state index in [4.69, 9.17) is 0 Å². The molecule has 4 heterocycles. The Labute approximate surface area is 121 Å². The normalized spacial score (nSPS) is 28.4. The van der Waals surface area contributed by atoms with E-state index < -0.39 is 0 Å². The lowest BCUT2D eigenvalue weighted by molar-refractivity contribution is 0.0973. The molecule has 1 aromatic heterocycles. The molecule has 1 unspecified atom stereocenters. The molecule has 3 aliphatic heterocycles. The van der Waals surface area contributed by atoms with Crippen molar-refractivity contribution in [2.45, 2.75) is 39.7 Å². The third-order valence-electron chi connectivity index (χ3n) is 4.58. The van der Waals surface area contributed by atoms with Gasteiger partial charge in [-0.3, -0.25) is 0 Å². The lowest BCUT2D eigenvalue weighted by Crippen LogP contribution is -2.53. The van der Waals surface area contributed by atoms with Gasteiger partial charge < -0.3 is 15.5 Å². The Bertz CT molecular complexity index is 479. The summed E-state index contributed by atoms with van der Waals surface area (Å²) in [6.07, 6.45) is 2.64. The van der Waals surface area contributed by atoms with Crippen molar-refractivity contribution in [3.05, 3.63) is 11.4 Å². The highest BCUT2D eigenvalue weighted by Crippen LogP contribution is 2.30. The number of rotatable bonds is 4. The minimum absolute atomic E-state index is 0.542. The molecule has 3 saturated heterocycles. The van der Waals surface area contributed by atoms with Crippen LogP contribution in [0.4, 0.5) is 11.6 Å². The van der Waals surface area contributed by atoms with Crippen LogP contribution in [0, 0.1) is 19.8 Å². The Morgan fingerprint density at radius 1 is 1.15 bits per heavy atom. The van der Waals surface area contributed by atoms with Gasteiger partial charge in [-0.15, -0.1) is 0 Å². The standard InChI is InChI=1S/C15H25N5/c1-4-16-14-10(2)15(18-11(3)17-14)19-13-9-20-7-5-12(13)6-8-20/h12-13H,4-9H2,1-3H3,(H2,16,17,18,19). The second kappa shape index (κ2) is 5.56. The van der Waals surface area contributed by atoms with E-state index in [0.717, 1.165) is 42.0 Å². The molecule has 3 aliphatic rings. The van der Waals surface area contributed by atoms with Gasteiger partial charge in [0, 0.05) is 24.7 Å². The molecule has 1 atom stereocenters. The minimum Gasteiger partial charge on any atom is -0.370 e. The van der Waals surface area contributed by atoms with Gasteiger partial charge in [-0.2, -0.15) is 0 Å². The van der Waals surface area contributed by atoms with E-state index in [0.29, 0.717) is 6.04 Å². The first-order valence-corrected chi connectivity index (χ1v) is 7.75. The van der Waals surface area contributed by atoms with Gasteiger partial charge in [-0.05, 0) is 52.6 Å². The summed E-state index contributed by atoms with van der Waals surface area (Å²) in [6, 6.07) is 0.542. The maximum Gasteiger partial charge on any atom is 0.135 e. The van der Waals surface area contributed by atoms with Crippen LogP contribution in [-0.2, 0) is 0 Å². The molecule has 0 amide bonds. The second-order valence-electron chi connectivity index (χ2n) is 6.01. The van der Waals surface area contributed by atoms with E-state index >= 15 is 0 Å². The van der Waals surface area contributed by atoms with E-state index in [-0.39, 0.29) is 0 Å². The Morgan fingerprint density at radius 3 is 2.45 bits per heavy atom. The van der Waals surface area contributed by atoms with Crippen molar-refractivity contribution in [2.75, 3.05) is 36.8 Å². The molecule has 4 rings (SSSR count). The number of hydrogen-bond donors (Lipinski definition) is 2. The number of nitrogens with one attached hydrogen (secondary N) is 2. The zero-order valence-corrected chi connectivity index (χ0v) is 12.7. The molecule has 1 aromatic rings. The fourth-order valence-electron chi connectivity index (χ4n) is 3.41. The molecule has 0 spiro atoms. The van der Waals surface area contributed by atoms with Gasteiger partial charge in [0.05, 0.1) is 0 Å². The molecule has 5 heteroatoms. The van der Waals surface area contributed by atoms with Crippen molar-refractivity contribution in [3.8, 4) is 0 Å². The highest BCUT2D eigenvalue weighted by atomic mass is 15.2. The first-order valence-electron chi connectivity index (χ1n) is 7.75. The van der Waals surface area contributed by atoms with Crippen molar-refractivity contribution >= 4 is 11.6 Å². The van der Waals surface area contributed by atoms with Gasteiger partial charge in [-0.1, -0.05) is 0 Å². The maximum absolute atomic E-state index is 4.61. The average Bonchev–Trinajstić information content (AvgIpc) is 2.45. The first-order chi connectivity index (χ1) is 9.67. The van der Waals surface area contributed by atoms with Crippen LogP contribution in [-0.4, -0.2) is 47.1 Å². The van der Waals surface area contributed by atoms with Crippen LogP contribution >= 0.6 is 0 Å². The topological polar surface area (TPSA) is 53.1 Å². The lowest BCUT2D eigenvalue weighted by atomic mass is 9.84. The highest BCUT2D eigenvalue weighted by molar-refractivity contribution is 5.57. The highest BCUT2D eigenvalue weighted by Gasteiger charge is 2.34. The molecule has 3 fully saturated rings. The molecule has 110 valence electrons. The van der Waals surface area contributed by atoms with Gasteiger partial charge >= 0.3 is 0 Å². The largest absolute Gasteiger partial charge is 0.370 e. The molecule has 2 N–H and O–H groups in total. The van der Waals surface area contributed by atoms with Crippen LogP contribution in [0.25, 0.3) is 0 Å². The Kier molecular flexibility index (Phi) is 3.78. The summed E-state index contributed by atoms with van der Waals surface area (Å²) in [4.78, 5) is 11.7. The summed E-state index contributed by atoms with van der Waals surface area (Å²) in [6.45, 7) is 10.7. The molecule has 0 aromatic carbocycles. The van der Waals surface area contributed by atoms with Crippen molar-refractivity contribution in [1.29, 1.82) is 0 Å². The van der Waals surface area contributed by atoms with Crippen molar-refractivity contribution in [3.63, 3.8) is 0 Å². The molecular weight excluding hydrogens is 250 g/mol. The van der Waals surface area contributed by atoms with Crippen LogP contribution in [0.2, 0.25) is 0 Å². The zero-order valence-electron chi connectivity index (χ0n) is 12.7. The van der Waals surface area contributed by atoms with E-state index in [1.165, 1.54) is 25.9 Å². The van der Waals surface area contributed by atoms with Crippen LogP contribution in [0.15, 0.2) is 0 Å². The van der Waals surface area contributed by atoms with Crippen LogP contribution in [0.1, 0.15) is 31.2 Å².